The van der Waals surface area contributed by atoms with Crippen LogP contribution in [-0.4, -0.2) is 14.7 Å². The number of rotatable bonds is 4. The molecule has 0 aliphatic heterocycles. The third-order valence-electron chi connectivity index (χ3n) is 2.73. The summed E-state index contributed by atoms with van der Waals surface area (Å²) in [5.41, 5.74) is 2.20. The van der Waals surface area contributed by atoms with Crippen molar-refractivity contribution in [2.75, 3.05) is 5.32 Å². The molecule has 1 aromatic carbocycles. The summed E-state index contributed by atoms with van der Waals surface area (Å²) in [6.45, 7) is 4.56. The van der Waals surface area contributed by atoms with Crippen LogP contribution in [0.1, 0.15) is 12.5 Å². The number of aromatic nitrogens is 2. The van der Waals surface area contributed by atoms with E-state index in [1.165, 1.54) is 6.07 Å². The standard InChI is InChI=1S/C12H13ClN4O2/c1-3-16-7-9(6-14-16)15-11-5-10(13)12(17(18)19)4-8(11)2/h4-7,15H,3H2,1-2H3. The molecular weight excluding hydrogens is 268 g/mol. The smallest absolute Gasteiger partial charge is 0.288 e. The molecule has 2 rings (SSSR count). The number of anilines is 2. The van der Waals surface area contributed by atoms with Crippen LogP contribution in [0.25, 0.3) is 0 Å². The van der Waals surface area contributed by atoms with E-state index in [1.807, 2.05) is 13.1 Å². The van der Waals surface area contributed by atoms with Gasteiger partial charge in [-0.2, -0.15) is 5.10 Å². The van der Waals surface area contributed by atoms with Crippen molar-refractivity contribution in [2.45, 2.75) is 20.4 Å². The third-order valence-corrected chi connectivity index (χ3v) is 3.03. The van der Waals surface area contributed by atoms with Gasteiger partial charge in [0, 0.05) is 24.5 Å². The van der Waals surface area contributed by atoms with Gasteiger partial charge in [-0.3, -0.25) is 14.8 Å². The molecule has 1 aromatic heterocycles. The van der Waals surface area contributed by atoms with Gasteiger partial charge >= 0.3 is 0 Å². The maximum absolute atomic E-state index is 10.8. The molecule has 0 fully saturated rings. The number of halogens is 1. The minimum absolute atomic E-state index is 0.0889. The second-order valence-corrected chi connectivity index (χ2v) is 4.49. The Balaban J connectivity index is 2.30. The largest absolute Gasteiger partial charge is 0.353 e. The van der Waals surface area contributed by atoms with Crippen LogP contribution in [0.3, 0.4) is 0 Å². The number of aryl methyl sites for hydroxylation is 2. The molecule has 6 nitrogen and oxygen atoms in total. The zero-order chi connectivity index (χ0) is 14.0. The van der Waals surface area contributed by atoms with Crippen LogP contribution in [0.2, 0.25) is 5.02 Å². The maximum Gasteiger partial charge on any atom is 0.288 e. The van der Waals surface area contributed by atoms with Gasteiger partial charge in [-0.05, 0) is 25.5 Å². The Morgan fingerprint density at radius 3 is 2.84 bits per heavy atom. The fraction of sp³-hybridized carbons (Fsp3) is 0.250. The molecule has 100 valence electrons. The molecule has 1 N–H and O–H groups in total. The monoisotopic (exact) mass is 280 g/mol. The summed E-state index contributed by atoms with van der Waals surface area (Å²) in [5, 5.41) is 18.2. The first-order valence-corrected chi connectivity index (χ1v) is 6.13. The number of benzene rings is 1. The van der Waals surface area contributed by atoms with Crippen molar-refractivity contribution in [1.29, 1.82) is 0 Å². The minimum Gasteiger partial charge on any atom is -0.353 e. The Morgan fingerprint density at radius 2 is 2.26 bits per heavy atom. The lowest BCUT2D eigenvalue weighted by molar-refractivity contribution is -0.384. The number of nitro benzene ring substituents is 1. The SMILES string of the molecule is CCn1cc(Nc2cc(Cl)c([N+](=O)[O-])cc2C)cn1. The predicted molar refractivity (Wildman–Crippen MR) is 74.0 cm³/mol. The second-order valence-electron chi connectivity index (χ2n) is 4.09. The molecule has 0 saturated carbocycles. The molecule has 0 saturated heterocycles. The molecule has 0 amide bonds. The molecule has 0 spiro atoms. The first kappa shape index (κ1) is 13.4. The predicted octanol–water partition coefficient (Wildman–Crippen LogP) is 3.52. The average Bonchev–Trinajstić information content (AvgIpc) is 2.80. The van der Waals surface area contributed by atoms with Gasteiger partial charge in [-0.15, -0.1) is 0 Å². The highest BCUT2D eigenvalue weighted by Crippen LogP contribution is 2.31. The van der Waals surface area contributed by atoms with E-state index in [2.05, 4.69) is 10.4 Å². The number of hydrogen-bond donors (Lipinski definition) is 1. The summed E-state index contributed by atoms with van der Waals surface area (Å²) >= 11 is 5.89. The fourth-order valence-corrected chi connectivity index (χ4v) is 1.93. The Labute approximate surface area is 115 Å². The van der Waals surface area contributed by atoms with Crippen molar-refractivity contribution in [2.24, 2.45) is 0 Å². The van der Waals surface area contributed by atoms with Crippen LogP contribution in [0.5, 0.6) is 0 Å². The summed E-state index contributed by atoms with van der Waals surface area (Å²) in [6, 6.07) is 3.01. The van der Waals surface area contributed by atoms with Crippen molar-refractivity contribution in [3.63, 3.8) is 0 Å². The van der Waals surface area contributed by atoms with Crippen molar-refractivity contribution < 1.29 is 4.92 Å². The van der Waals surface area contributed by atoms with Crippen molar-refractivity contribution in [3.05, 3.63) is 45.2 Å². The van der Waals surface area contributed by atoms with Gasteiger partial charge in [-0.25, -0.2) is 0 Å². The minimum atomic E-state index is -0.492. The molecule has 7 heteroatoms. The summed E-state index contributed by atoms with van der Waals surface area (Å²) in [7, 11) is 0. The van der Waals surface area contributed by atoms with Crippen LogP contribution >= 0.6 is 11.6 Å². The normalized spacial score (nSPS) is 10.5. The highest BCUT2D eigenvalue weighted by molar-refractivity contribution is 6.33. The first-order chi connectivity index (χ1) is 9.01. The van der Waals surface area contributed by atoms with Gasteiger partial charge in [0.2, 0.25) is 0 Å². The van der Waals surface area contributed by atoms with E-state index in [-0.39, 0.29) is 10.7 Å². The molecule has 0 aliphatic rings. The number of nitrogens with zero attached hydrogens (tertiary/aromatic N) is 3. The Hall–Kier alpha value is -2.08. The third kappa shape index (κ3) is 2.85. The first-order valence-electron chi connectivity index (χ1n) is 5.75. The summed E-state index contributed by atoms with van der Waals surface area (Å²) in [6.07, 6.45) is 3.55. The molecule has 0 unspecified atom stereocenters. The highest BCUT2D eigenvalue weighted by Gasteiger charge is 2.15. The van der Waals surface area contributed by atoms with Crippen LogP contribution in [0.4, 0.5) is 17.1 Å². The number of nitro groups is 1. The van der Waals surface area contributed by atoms with E-state index in [0.29, 0.717) is 0 Å². The quantitative estimate of drug-likeness (QED) is 0.687. The Bertz CT molecular complexity index is 624. The molecule has 1 heterocycles. The summed E-state index contributed by atoms with van der Waals surface area (Å²) < 4.78 is 1.78. The Kier molecular flexibility index (Phi) is 3.71. The van der Waals surface area contributed by atoms with E-state index < -0.39 is 4.92 Å². The van der Waals surface area contributed by atoms with Gasteiger partial charge in [0.05, 0.1) is 16.8 Å². The van der Waals surface area contributed by atoms with Crippen molar-refractivity contribution in [3.8, 4) is 0 Å². The van der Waals surface area contributed by atoms with Crippen LogP contribution < -0.4 is 5.32 Å². The van der Waals surface area contributed by atoms with Gasteiger partial charge in [0.1, 0.15) is 5.02 Å². The molecule has 19 heavy (non-hydrogen) atoms. The Morgan fingerprint density at radius 1 is 1.53 bits per heavy atom. The fourth-order valence-electron chi connectivity index (χ4n) is 1.70. The van der Waals surface area contributed by atoms with E-state index in [1.54, 1.807) is 23.9 Å². The highest BCUT2D eigenvalue weighted by atomic mass is 35.5. The summed E-state index contributed by atoms with van der Waals surface area (Å²) in [4.78, 5) is 10.3. The van der Waals surface area contributed by atoms with Crippen molar-refractivity contribution in [1.82, 2.24) is 9.78 Å². The molecule has 0 atom stereocenters. The van der Waals surface area contributed by atoms with Gasteiger partial charge in [0.15, 0.2) is 0 Å². The lowest BCUT2D eigenvalue weighted by Gasteiger charge is -2.08. The van der Waals surface area contributed by atoms with E-state index >= 15 is 0 Å². The number of nitrogens with one attached hydrogen (secondary N) is 1. The lowest BCUT2D eigenvalue weighted by atomic mass is 10.1. The molecule has 0 aliphatic carbocycles. The maximum atomic E-state index is 10.8. The van der Waals surface area contributed by atoms with Crippen LogP contribution in [-0.2, 0) is 6.54 Å². The molecular formula is C12H13ClN4O2. The van der Waals surface area contributed by atoms with Crippen LogP contribution in [0.15, 0.2) is 24.5 Å². The number of hydrogen-bond acceptors (Lipinski definition) is 4. The second kappa shape index (κ2) is 5.27. The van der Waals surface area contributed by atoms with Crippen molar-refractivity contribution >= 4 is 28.7 Å². The zero-order valence-corrected chi connectivity index (χ0v) is 11.3. The molecule has 0 radical (unpaired) electrons. The van der Waals surface area contributed by atoms with Crippen LogP contribution in [0, 0.1) is 17.0 Å². The summed E-state index contributed by atoms with van der Waals surface area (Å²) in [5.74, 6) is 0. The van der Waals surface area contributed by atoms with E-state index in [9.17, 15) is 10.1 Å². The molecule has 0 bridgehead atoms. The van der Waals surface area contributed by atoms with Gasteiger partial charge in [0.25, 0.3) is 5.69 Å². The lowest BCUT2D eigenvalue weighted by Crippen LogP contribution is -1.96. The van der Waals surface area contributed by atoms with Gasteiger partial charge in [-0.1, -0.05) is 11.6 Å². The topological polar surface area (TPSA) is 73.0 Å². The van der Waals surface area contributed by atoms with E-state index in [4.69, 9.17) is 11.6 Å². The van der Waals surface area contributed by atoms with Gasteiger partial charge < -0.3 is 5.32 Å². The molecule has 2 aromatic rings. The zero-order valence-electron chi connectivity index (χ0n) is 10.6. The average molecular weight is 281 g/mol. The van der Waals surface area contributed by atoms with E-state index in [0.717, 1.165) is 23.5 Å².